The summed E-state index contributed by atoms with van der Waals surface area (Å²) < 4.78 is 0. The van der Waals surface area contributed by atoms with E-state index in [0.29, 0.717) is 0 Å². The van der Waals surface area contributed by atoms with Crippen LogP contribution in [0.2, 0.25) is 0 Å². The number of carbonyl (C=O) groups excluding carboxylic acids is 1. The minimum Gasteiger partial charge on any atom is -0.479 e. The number of hydrogen-bond donors (Lipinski definition) is 4. The van der Waals surface area contributed by atoms with Crippen LogP contribution in [-0.4, -0.2) is 45.5 Å². The molecule has 0 aromatic heterocycles. The second-order valence-corrected chi connectivity index (χ2v) is 4.63. The van der Waals surface area contributed by atoms with E-state index in [0.717, 1.165) is 12.0 Å². The second-order valence-electron chi connectivity index (χ2n) is 4.63. The van der Waals surface area contributed by atoms with Gasteiger partial charge in [0, 0.05) is 5.92 Å². The number of nitrogens with one attached hydrogen (secondary N) is 1. The Labute approximate surface area is 114 Å². The number of benzene rings is 1. The van der Waals surface area contributed by atoms with Gasteiger partial charge in [-0.25, -0.2) is 9.59 Å². The molecule has 0 radical (unpaired) electrons. The molecule has 0 aliphatic heterocycles. The van der Waals surface area contributed by atoms with Crippen molar-refractivity contribution < 1.29 is 29.7 Å². The Morgan fingerprint density at radius 3 is 2.45 bits per heavy atom. The summed E-state index contributed by atoms with van der Waals surface area (Å²) in [6.45, 7) is 0. The number of rotatable bonds is 6. The van der Waals surface area contributed by atoms with Crippen molar-refractivity contribution >= 4 is 11.9 Å². The first kappa shape index (κ1) is 14.4. The van der Waals surface area contributed by atoms with Crippen LogP contribution in [0.25, 0.3) is 0 Å². The van der Waals surface area contributed by atoms with E-state index in [1.54, 1.807) is 0 Å². The zero-order valence-corrected chi connectivity index (χ0v) is 10.5. The van der Waals surface area contributed by atoms with E-state index < -0.39 is 24.1 Å². The predicted molar refractivity (Wildman–Crippen MR) is 66.5 cm³/mol. The smallest absolute Gasteiger partial charge is 0.357 e. The number of carboxylic acids is 1. The predicted octanol–water partition coefficient (Wildman–Crippen LogP) is -0.603. The summed E-state index contributed by atoms with van der Waals surface area (Å²) in [5.74, 6) is -2.70. The van der Waals surface area contributed by atoms with Crippen molar-refractivity contribution in [1.29, 1.82) is 0 Å². The van der Waals surface area contributed by atoms with Crippen LogP contribution in [0.1, 0.15) is 17.9 Å². The van der Waals surface area contributed by atoms with Crippen LogP contribution in [0.15, 0.2) is 30.3 Å². The molecular weight excluding hydrogens is 266 g/mol. The first-order chi connectivity index (χ1) is 9.50. The number of aliphatic carboxylic acids is 1. The topological polar surface area (TPSA) is 116 Å². The fourth-order valence-corrected chi connectivity index (χ4v) is 1.85. The molecule has 7 heteroatoms. The Morgan fingerprint density at radius 2 is 1.85 bits per heavy atom. The highest BCUT2D eigenvalue weighted by Crippen LogP contribution is 2.40. The third kappa shape index (κ3) is 3.32. The Hall–Kier alpha value is -1.96. The van der Waals surface area contributed by atoms with Crippen molar-refractivity contribution in [2.75, 3.05) is 0 Å². The van der Waals surface area contributed by atoms with Crippen LogP contribution in [-0.2, 0) is 14.4 Å². The average Bonchev–Trinajstić information content (AvgIpc) is 3.23. The largest absolute Gasteiger partial charge is 0.479 e. The molecule has 1 aromatic rings. The summed E-state index contributed by atoms with van der Waals surface area (Å²) in [6, 6.07) is 9.55. The number of hydroxylamine groups is 1. The lowest BCUT2D eigenvalue weighted by Crippen LogP contribution is -2.42. The van der Waals surface area contributed by atoms with Crippen molar-refractivity contribution in [1.82, 2.24) is 5.48 Å². The molecule has 7 nitrogen and oxygen atoms in total. The molecule has 1 aliphatic carbocycles. The minimum absolute atomic E-state index is 0.0736. The molecule has 0 spiro atoms. The zero-order valence-electron chi connectivity index (χ0n) is 10.5. The monoisotopic (exact) mass is 281 g/mol. The number of aliphatic hydroxyl groups is 2. The molecule has 4 atom stereocenters. The van der Waals surface area contributed by atoms with Gasteiger partial charge in [0.15, 0.2) is 12.2 Å². The van der Waals surface area contributed by atoms with Crippen LogP contribution in [0.4, 0.5) is 0 Å². The van der Waals surface area contributed by atoms with Crippen LogP contribution in [0, 0.1) is 0 Å². The van der Waals surface area contributed by atoms with Crippen LogP contribution in [0.3, 0.4) is 0 Å². The van der Waals surface area contributed by atoms with E-state index >= 15 is 0 Å². The first-order valence-electron chi connectivity index (χ1n) is 6.11. The van der Waals surface area contributed by atoms with Gasteiger partial charge in [-0.05, 0) is 12.0 Å². The van der Waals surface area contributed by atoms with E-state index in [-0.39, 0.29) is 12.0 Å². The zero-order chi connectivity index (χ0) is 14.7. The highest BCUT2D eigenvalue weighted by atomic mass is 16.7. The normalized spacial score (nSPS) is 23.7. The molecule has 108 valence electrons. The summed E-state index contributed by atoms with van der Waals surface area (Å²) in [5.41, 5.74) is 3.57. The molecule has 1 aromatic carbocycles. The Bertz CT molecular complexity index is 491. The molecule has 1 fully saturated rings. The second kappa shape index (κ2) is 6.00. The van der Waals surface area contributed by atoms with Gasteiger partial charge < -0.3 is 20.2 Å². The highest BCUT2D eigenvalue weighted by Gasteiger charge is 2.40. The van der Waals surface area contributed by atoms with Gasteiger partial charge in [0.05, 0.1) is 6.04 Å². The molecule has 0 heterocycles. The van der Waals surface area contributed by atoms with Gasteiger partial charge in [0.25, 0.3) is 0 Å². The number of hydrogen-bond acceptors (Lipinski definition) is 6. The summed E-state index contributed by atoms with van der Waals surface area (Å²) in [5, 5.41) is 26.7. The molecule has 0 amide bonds. The first-order valence-corrected chi connectivity index (χ1v) is 6.11. The molecule has 0 saturated heterocycles. The molecule has 4 N–H and O–H groups in total. The Kier molecular flexibility index (Phi) is 4.33. The van der Waals surface area contributed by atoms with Gasteiger partial charge in [0.2, 0.25) is 0 Å². The molecule has 20 heavy (non-hydrogen) atoms. The molecule has 1 aliphatic rings. The molecule has 0 unspecified atom stereocenters. The standard InChI is InChI=1S/C13H15NO6/c15-10(12(17)18)11(16)13(19)20-14-9-6-8(9)7-4-2-1-3-5-7/h1-5,8-11,14-16H,6H2,(H,17,18)/t8-,9+,10+,11+/m0/s1. The molecule has 2 rings (SSSR count). The maximum Gasteiger partial charge on any atom is 0.357 e. The van der Waals surface area contributed by atoms with Crippen LogP contribution < -0.4 is 5.48 Å². The molecule has 0 bridgehead atoms. The SMILES string of the molecule is O=C(O)[C@H](O)[C@@H](O)C(=O)ON[C@@H]1C[C@H]1c1ccccc1. The van der Waals surface area contributed by atoms with Crippen molar-refractivity contribution in [3.05, 3.63) is 35.9 Å². The van der Waals surface area contributed by atoms with Gasteiger partial charge in [-0.1, -0.05) is 30.3 Å². The van der Waals surface area contributed by atoms with Crippen LogP contribution >= 0.6 is 0 Å². The van der Waals surface area contributed by atoms with Crippen molar-refractivity contribution in [2.24, 2.45) is 0 Å². The van der Waals surface area contributed by atoms with Crippen LogP contribution in [0.5, 0.6) is 0 Å². The molecule has 1 saturated carbocycles. The number of aliphatic hydroxyl groups excluding tert-OH is 2. The van der Waals surface area contributed by atoms with Gasteiger partial charge in [0.1, 0.15) is 0 Å². The maximum atomic E-state index is 11.3. The van der Waals surface area contributed by atoms with Crippen molar-refractivity contribution in [2.45, 2.75) is 30.6 Å². The Morgan fingerprint density at radius 1 is 1.20 bits per heavy atom. The van der Waals surface area contributed by atoms with E-state index in [2.05, 4.69) is 10.3 Å². The lowest BCUT2D eigenvalue weighted by Gasteiger charge is -2.13. The third-order valence-corrected chi connectivity index (χ3v) is 3.12. The number of carbonyl (C=O) groups is 2. The van der Waals surface area contributed by atoms with Crippen molar-refractivity contribution in [3.63, 3.8) is 0 Å². The lowest BCUT2D eigenvalue weighted by atomic mass is 10.1. The average molecular weight is 281 g/mol. The van der Waals surface area contributed by atoms with Crippen molar-refractivity contribution in [3.8, 4) is 0 Å². The quantitative estimate of drug-likeness (QED) is 0.514. The van der Waals surface area contributed by atoms with E-state index in [1.807, 2.05) is 30.3 Å². The van der Waals surface area contributed by atoms with Gasteiger partial charge in [-0.3, -0.25) is 0 Å². The summed E-state index contributed by atoms with van der Waals surface area (Å²) in [4.78, 5) is 26.3. The van der Waals surface area contributed by atoms with E-state index in [4.69, 9.17) is 10.2 Å². The maximum absolute atomic E-state index is 11.3. The molecular formula is C13H15NO6. The lowest BCUT2D eigenvalue weighted by molar-refractivity contribution is -0.175. The summed E-state index contributed by atoms with van der Waals surface area (Å²) in [6.07, 6.45) is -3.54. The summed E-state index contributed by atoms with van der Waals surface area (Å²) >= 11 is 0. The number of carboxylic acid groups (broad SMARTS) is 1. The third-order valence-electron chi connectivity index (χ3n) is 3.12. The summed E-state index contributed by atoms with van der Waals surface area (Å²) in [7, 11) is 0. The minimum atomic E-state index is -2.20. The fourth-order valence-electron chi connectivity index (χ4n) is 1.85. The highest BCUT2D eigenvalue weighted by molar-refractivity contribution is 5.84. The Balaban J connectivity index is 1.77. The van der Waals surface area contributed by atoms with E-state index in [1.165, 1.54) is 0 Å². The van der Waals surface area contributed by atoms with Gasteiger partial charge in [-0.2, -0.15) is 0 Å². The van der Waals surface area contributed by atoms with Gasteiger partial charge >= 0.3 is 11.9 Å². The fraction of sp³-hybridized carbons (Fsp3) is 0.385. The van der Waals surface area contributed by atoms with E-state index in [9.17, 15) is 14.7 Å². The van der Waals surface area contributed by atoms with Gasteiger partial charge in [-0.15, -0.1) is 5.48 Å².